The second-order valence-electron chi connectivity index (χ2n) is 6.77. The minimum Gasteiger partial charge on any atom is -0.493 e. The summed E-state index contributed by atoms with van der Waals surface area (Å²) in [6.45, 7) is 0. The number of carbonyl (C=O) groups excluding carboxylic acids is 1. The third kappa shape index (κ3) is 5.76. The van der Waals surface area contributed by atoms with Crippen LogP contribution in [0.5, 0.6) is 17.2 Å². The van der Waals surface area contributed by atoms with E-state index in [9.17, 15) is 9.18 Å². The van der Waals surface area contributed by atoms with Crippen LogP contribution in [0.1, 0.15) is 21.5 Å². The van der Waals surface area contributed by atoms with E-state index in [1.54, 1.807) is 27.4 Å². The van der Waals surface area contributed by atoms with Gasteiger partial charge in [-0.2, -0.15) is 0 Å². The van der Waals surface area contributed by atoms with Gasteiger partial charge in [-0.15, -0.1) is 0 Å². The number of hydrogen-bond donors (Lipinski definition) is 1. The number of hydrogen-bond acceptors (Lipinski definition) is 5. The summed E-state index contributed by atoms with van der Waals surface area (Å²) in [6, 6.07) is 17.0. The van der Waals surface area contributed by atoms with Gasteiger partial charge in [-0.05, 0) is 47.5 Å². The second kappa shape index (κ2) is 10.8. The topological polar surface area (TPSA) is 56.8 Å². The highest BCUT2D eigenvalue weighted by molar-refractivity contribution is 6.04. The first-order valence-electron chi connectivity index (χ1n) is 9.85. The molecule has 32 heavy (non-hydrogen) atoms. The summed E-state index contributed by atoms with van der Waals surface area (Å²) in [4.78, 5) is 12.1. The number of carbonyl (C=O) groups is 1. The third-order valence-electron chi connectivity index (χ3n) is 4.64. The molecule has 164 valence electrons. The Morgan fingerprint density at radius 2 is 1.53 bits per heavy atom. The van der Waals surface area contributed by atoms with Crippen molar-refractivity contribution in [2.45, 2.75) is 0 Å². The van der Waals surface area contributed by atoms with E-state index >= 15 is 0 Å². The average Bonchev–Trinajstić information content (AvgIpc) is 2.82. The van der Waals surface area contributed by atoms with Crippen molar-refractivity contribution in [3.05, 3.63) is 95.4 Å². The largest absolute Gasteiger partial charge is 0.493 e. The molecule has 3 aromatic carbocycles. The molecular weight excluding hydrogens is 409 g/mol. The third-order valence-corrected chi connectivity index (χ3v) is 4.64. The lowest BCUT2D eigenvalue weighted by Gasteiger charge is -2.12. The zero-order valence-corrected chi connectivity index (χ0v) is 18.1. The van der Waals surface area contributed by atoms with E-state index < -0.39 is 5.82 Å². The maximum atomic E-state index is 13.3. The molecule has 0 aliphatic heterocycles. The molecule has 1 N–H and O–H groups in total. The van der Waals surface area contributed by atoms with Crippen molar-refractivity contribution in [2.24, 2.45) is 0 Å². The fourth-order valence-electron chi connectivity index (χ4n) is 3.07. The SMILES string of the molecule is COc1cc(/C=C/c2cccc(N/C=C\C(=O)c3cccc(F)c3)c2)cc(OC)c1OC. The predicted molar refractivity (Wildman–Crippen MR) is 125 cm³/mol. The van der Waals surface area contributed by atoms with Crippen molar-refractivity contribution < 1.29 is 23.4 Å². The molecule has 3 aromatic rings. The van der Waals surface area contributed by atoms with Gasteiger partial charge in [0.1, 0.15) is 5.82 Å². The molecule has 0 spiro atoms. The highest BCUT2D eigenvalue weighted by Crippen LogP contribution is 2.38. The summed E-state index contributed by atoms with van der Waals surface area (Å²) in [7, 11) is 4.72. The summed E-state index contributed by atoms with van der Waals surface area (Å²) < 4.78 is 29.4. The predicted octanol–water partition coefficient (Wildman–Crippen LogP) is 5.83. The molecule has 0 atom stereocenters. The maximum Gasteiger partial charge on any atom is 0.203 e. The lowest BCUT2D eigenvalue weighted by molar-refractivity contribution is 0.104. The Kier molecular flexibility index (Phi) is 7.65. The molecule has 0 amide bonds. The summed E-state index contributed by atoms with van der Waals surface area (Å²) in [5.41, 5.74) is 2.94. The van der Waals surface area contributed by atoms with Gasteiger partial charge in [0.05, 0.1) is 21.3 Å². The number of nitrogens with one attached hydrogen (secondary N) is 1. The van der Waals surface area contributed by atoms with Gasteiger partial charge in [-0.3, -0.25) is 4.79 Å². The summed E-state index contributed by atoms with van der Waals surface area (Å²) in [5.74, 6) is 0.974. The van der Waals surface area contributed by atoms with Gasteiger partial charge in [-0.1, -0.05) is 36.4 Å². The molecule has 0 fully saturated rings. The van der Waals surface area contributed by atoms with Gasteiger partial charge in [0.2, 0.25) is 5.75 Å². The van der Waals surface area contributed by atoms with E-state index in [0.29, 0.717) is 22.8 Å². The van der Waals surface area contributed by atoms with Crippen LogP contribution < -0.4 is 19.5 Å². The monoisotopic (exact) mass is 433 g/mol. The van der Waals surface area contributed by atoms with E-state index in [0.717, 1.165) is 16.8 Å². The van der Waals surface area contributed by atoms with E-state index in [2.05, 4.69) is 5.32 Å². The maximum absolute atomic E-state index is 13.3. The van der Waals surface area contributed by atoms with Crippen molar-refractivity contribution in [1.82, 2.24) is 0 Å². The lowest BCUT2D eigenvalue weighted by atomic mass is 10.1. The normalized spacial score (nSPS) is 11.0. The van der Waals surface area contributed by atoms with E-state index in [1.807, 2.05) is 48.6 Å². The first-order valence-corrected chi connectivity index (χ1v) is 9.85. The Morgan fingerprint density at radius 3 is 2.19 bits per heavy atom. The number of allylic oxidation sites excluding steroid dienone is 1. The Balaban J connectivity index is 1.71. The summed E-state index contributed by atoms with van der Waals surface area (Å²) in [6.07, 6.45) is 6.79. The first-order chi connectivity index (χ1) is 15.5. The van der Waals surface area contributed by atoms with Crippen LogP contribution in [0.3, 0.4) is 0 Å². The van der Waals surface area contributed by atoms with Gasteiger partial charge in [0.25, 0.3) is 0 Å². The quantitative estimate of drug-likeness (QED) is 0.261. The summed E-state index contributed by atoms with van der Waals surface area (Å²) >= 11 is 0. The van der Waals surface area contributed by atoms with Crippen molar-refractivity contribution in [2.75, 3.05) is 26.6 Å². The molecule has 0 bridgehead atoms. The number of benzene rings is 3. The Morgan fingerprint density at radius 1 is 0.844 bits per heavy atom. The molecule has 0 heterocycles. The van der Waals surface area contributed by atoms with Crippen LogP contribution in [-0.2, 0) is 0 Å². The van der Waals surface area contributed by atoms with E-state index in [1.165, 1.54) is 30.5 Å². The molecule has 6 heteroatoms. The van der Waals surface area contributed by atoms with Crippen LogP contribution in [0.25, 0.3) is 12.2 Å². The number of halogens is 1. The summed E-state index contributed by atoms with van der Waals surface area (Å²) in [5, 5.41) is 3.06. The van der Waals surface area contributed by atoms with E-state index in [4.69, 9.17) is 14.2 Å². The van der Waals surface area contributed by atoms with E-state index in [-0.39, 0.29) is 5.78 Å². The van der Waals surface area contributed by atoms with Crippen molar-refractivity contribution in [1.29, 1.82) is 0 Å². The highest BCUT2D eigenvalue weighted by atomic mass is 19.1. The second-order valence-corrected chi connectivity index (χ2v) is 6.77. The van der Waals surface area contributed by atoms with Crippen molar-refractivity contribution >= 4 is 23.6 Å². The number of rotatable bonds is 9. The minimum atomic E-state index is -0.441. The molecule has 0 aliphatic rings. The number of anilines is 1. The van der Waals surface area contributed by atoms with Gasteiger partial charge in [0, 0.05) is 23.5 Å². The molecule has 0 aromatic heterocycles. The number of ether oxygens (including phenoxy) is 3. The molecule has 3 rings (SSSR count). The van der Waals surface area contributed by atoms with Gasteiger partial charge in [0.15, 0.2) is 17.3 Å². The molecule has 0 unspecified atom stereocenters. The fraction of sp³-hybridized carbons (Fsp3) is 0.115. The van der Waals surface area contributed by atoms with Gasteiger partial charge >= 0.3 is 0 Å². The molecule has 0 radical (unpaired) electrons. The standard InChI is InChI=1S/C26H24FNO4/c1-30-24-15-19(16-25(31-2)26(24)32-3)11-10-18-6-4-9-22(14-18)28-13-12-23(29)20-7-5-8-21(27)17-20/h4-17,28H,1-3H3/b11-10+,13-12-. The average molecular weight is 433 g/mol. The van der Waals surface area contributed by atoms with Crippen LogP contribution in [0.15, 0.2) is 72.9 Å². The van der Waals surface area contributed by atoms with Crippen LogP contribution in [0, 0.1) is 5.82 Å². The van der Waals surface area contributed by atoms with Crippen molar-refractivity contribution in [3.63, 3.8) is 0 Å². The zero-order valence-electron chi connectivity index (χ0n) is 18.1. The number of methoxy groups -OCH3 is 3. The fourth-order valence-corrected chi connectivity index (χ4v) is 3.07. The Hall–Kier alpha value is -4.06. The van der Waals surface area contributed by atoms with Crippen LogP contribution in [-0.4, -0.2) is 27.1 Å². The molecule has 0 saturated heterocycles. The lowest BCUT2D eigenvalue weighted by Crippen LogP contribution is -1.97. The minimum absolute atomic E-state index is 0.282. The van der Waals surface area contributed by atoms with Gasteiger partial charge < -0.3 is 19.5 Å². The van der Waals surface area contributed by atoms with Crippen LogP contribution >= 0.6 is 0 Å². The highest BCUT2D eigenvalue weighted by Gasteiger charge is 2.12. The Bertz CT molecular complexity index is 1130. The zero-order chi connectivity index (χ0) is 22.9. The van der Waals surface area contributed by atoms with Gasteiger partial charge in [-0.25, -0.2) is 4.39 Å². The first kappa shape index (κ1) is 22.6. The van der Waals surface area contributed by atoms with Crippen LogP contribution in [0.2, 0.25) is 0 Å². The molecule has 0 aliphatic carbocycles. The molecule has 0 saturated carbocycles. The molecular formula is C26H24FNO4. The Labute approximate surface area is 186 Å². The molecule has 5 nitrogen and oxygen atoms in total. The number of ketones is 1. The van der Waals surface area contributed by atoms with Crippen molar-refractivity contribution in [3.8, 4) is 17.2 Å². The van der Waals surface area contributed by atoms with Crippen LogP contribution in [0.4, 0.5) is 10.1 Å². The smallest absolute Gasteiger partial charge is 0.203 e.